The van der Waals surface area contributed by atoms with Gasteiger partial charge < -0.3 is 15.5 Å². The molecule has 0 unspecified atom stereocenters. The van der Waals surface area contributed by atoms with Crippen LogP contribution in [0.1, 0.15) is 43.0 Å². The van der Waals surface area contributed by atoms with Gasteiger partial charge in [-0.2, -0.15) is 0 Å². The summed E-state index contributed by atoms with van der Waals surface area (Å²) in [5.41, 5.74) is 1.45. The maximum Gasteiger partial charge on any atom is 0.251 e. The normalized spacial score (nSPS) is 18.9. The summed E-state index contributed by atoms with van der Waals surface area (Å²) in [6.07, 6.45) is 4.33. The summed E-state index contributed by atoms with van der Waals surface area (Å²) in [7, 11) is 0. The molecule has 1 aromatic rings. The van der Waals surface area contributed by atoms with Crippen molar-refractivity contribution in [2.75, 3.05) is 18.4 Å². The molecule has 0 aromatic heterocycles. The fourth-order valence-electron chi connectivity index (χ4n) is 2.77. The number of carbonyl (C=O) groups is 2. The number of carbonyl (C=O) groups excluding carboxylic acids is 2. The molecular weight excluding hydrogens is 278 g/mol. The topological polar surface area (TPSA) is 61.4 Å². The van der Waals surface area contributed by atoms with Gasteiger partial charge in [0.1, 0.15) is 6.04 Å². The molecule has 2 fully saturated rings. The fraction of sp³-hybridized carbons (Fsp3) is 0.529. The van der Waals surface area contributed by atoms with E-state index >= 15 is 0 Å². The largest absolute Gasteiger partial charge is 0.374 e. The second-order valence-electron chi connectivity index (χ2n) is 6.23. The van der Waals surface area contributed by atoms with Gasteiger partial charge >= 0.3 is 0 Å². The first-order valence-electron chi connectivity index (χ1n) is 8.10. The van der Waals surface area contributed by atoms with Crippen LogP contribution in [0.15, 0.2) is 24.3 Å². The number of amides is 2. The van der Waals surface area contributed by atoms with E-state index in [0.29, 0.717) is 11.6 Å². The van der Waals surface area contributed by atoms with Crippen LogP contribution in [-0.2, 0) is 4.79 Å². The number of rotatable bonds is 5. The van der Waals surface area contributed by atoms with Crippen LogP contribution < -0.4 is 10.6 Å². The van der Waals surface area contributed by atoms with E-state index in [-0.39, 0.29) is 17.9 Å². The minimum absolute atomic E-state index is 0.0373. The van der Waals surface area contributed by atoms with Crippen molar-refractivity contribution in [3.8, 4) is 0 Å². The summed E-state index contributed by atoms with van der Waals surface area (Å²) in [6, 6.07) is 7.42. The Kier molecular flexibility index (Phi) is 4.32. The first-order chi connectivity index (χ1) is 10.6. The minimum Gasteiger partial charge on any atom is -0.374 e. The molecule has 5 nitrogen and oxygen atoms in total. The summed E-state index contributed by atoms with van der Waals surface area (Å²) >= 11 is 0. The highest BCUT2D eigenvalue weighted by molar-refractivity contribution is 5.95. The number of nitrogens with zero attached hydrogens (tertiary/aromatic N) is 1. The number of anilines is 1. The second kappa shape index (κ2) is 6.38. The summed E-state index contributed by atoms with van der Waals surface area (Å²) < 4.78 is 0. The van der Waals surface area contributed by atoms with Gasteiger partial charge in [-0.15, -0.1) is 0 Å². The van der Waals surface area contributed by atoms with E-state index in [1.54, 1.807) is 6.07 Å². The van der Waals surface area contributed by atoms with Crippen molar-refractivity contribution >= 4 is 17.5 Å². The highest BCUT2D eigenvalue weighted by Gasteiger charge is 2.25. The van der Waals surface area contributed by atoms with Crippen LogP contribution in [0.3, 0.4) is 0 Å². The molecule has 1 saturated carbocycles. The molecule has 1 heterocycles. The van der Waals surface area contributed by atoms with Crippen LogP contribution in [0.5, 0.6) is 0 Å². The van der Waals surface area contributed by atoms with Crippen LogP contribution in [-0.4, -0.2) is 41.9 Å². The number of hydrogen-bond acceptors (Lipinski definition) is 3. The number of likely N-dealkylation sites (tertiary alicyclic amines) is 1. The van der Waals surface area contributed by atoms with Gasteiger partial charge in [-0.3, -0.25) is 9.59 Å². The Balaban J connectivity index is 1.61. The average Bonchev–Trinajstić information content (AvgIpc) is 3.16. The smallest absolute Gasteiger partial charge is 0.251 e. The van der Waals surface area contributed by atoms with E-state index in [2.05, 4.69) is 10.6 Å². The second-order valence-corrected chi connectivity index (χ2v) is 6.23. The van der Waals surface area contributed by atoms with Crippen molar-refractivity contribution in [3.05, 3.63) is 29.8 Å². The zero-order valence-electron chi connectivity index (χ0n) is 13.0. The van der Waals surface area contributed by atoms with Crippen molar-refractivity contribution in [2.45, 2.75) is 44.7 Å². The van der Waals surface area contributed by atoms with Gasteiger partial charge in [-0.1, -0.05) is 6.07 Å². The van der Waals surface area contributed by atoms with Crippen LogP contribution in [0.4, 0.5) is 5.69 Å². The molecule has 1 atom stereocenters. The summed E-state index contributed by atoms with van der Waals surface area (Å²) in [6.45, 7) is 3.58. The standard InChI is InChI=1S/C17H23N3O2/c1-12(17(22)20-9-2-3-10-20)18-15-6-4-5-13(11-15)16(21)19-14-7-8-14/h4-6,11-12,14,18H,2-3,7-10H2,1H3,(H,19,21)/t12-/m1/s1. The molecule has 5 heteroatoms. The molecule has 1 saturated heterocycles. The molecule has 3 rings (SSSR count). The molecule has 1 aliphatic carbocycles. The van der Waals surface area contributed by atoms with E-state index in [1.807, 2.05) is 30.0 Å². The fourth-order valence-corrected chi connectivity index (χ4v) is 2.77. The van der Waals surface area contributed by atoms with E-state index in [1.165, 1.54) is 0 Å². The van der Waals surface area contributed by atoms with E-state index in [4.69, 9.17) is 0 Å². The van der Waals surface area contributed by atoms with Gasteiger partial charge in [-0.25, -0.2) is 0 Å². The van der Waals surface area contributed by atoms with Crippen LogP contribution >= 0.6 is 0 Å². The zero-order chi connectivity index (χ0) is 15.5. The van der Waals surface area contributed by atoms with Crippen molar-refractivity contribution in [1.82, 2.24) is 10.2 Å². The molecule has 118 valence electrons. The Hall–Kier alpha value is -2.04. The monoisotopic (exact) mass is 301 g/mol. The predicted octanol–water partition coefficient (Wildman–Crippen LogP) is 2.00. The molecule has 2 amide bonds. The van der Waals surface area contributed by atoms with Crippen molar-refractivity contribution in [2.24, 2.45) is 0 Å². The van der Waals surface area contributed by atoms with Gasteiger partial charge in [0.2, 0.25) is 5.91 Å². The Labute approximate surface area is 131 Å². The number of benzene rings is 1. The minimum atomic E-state index is -0.278. The lowest BCUT2D eigenvalue weighted by atomic mass is 10.1. The van der Waals surface area contributed by atoms with Gasteiger partial charge in [0.25, 0.3) is 5.91 Å². The third-order valence-corrected chi connectivity index (χ3v) is 4.21. The number of hydrogen-bond donors (Lipinski definition) is 2. The van der Waals surface area contributed by atoms with E-state index in [0.717, 1.165) is 44.5 Å². The Morgan fingerprint density at radius 2 is 1.95 bits per heavy atom. The lowest BCUT2D eigenvalue weighted by Gasteiger charge is -2.22. The zero-order valence-corrected chi connectivity index (χ0v) is 13.0. The van der Waals surface area contributed by atoms with Crippen molar-refractivity contribution < 1.29 is 9.59 Å². The first kappa shape index (κ1) is 14.9. The van der Waals surface area contributed by atoms with Gasteiger partial charge in [0.15, 0.2) is 0 Å². The molecule has 2 aliphatic rings. The quantitative estimate of drug-likeness (QED) is 0.874. The van der Waals surface area contributed by atoms with Crippen LogP contribution in [0.25, 0.3) is 0 Å². The molecule has 0 bridgehead atoms. The SMILES string of the molecule is C[C@@H](Nc1cccc(C(=O)NC2CC2)c1)C(=O)N1CCCC1. The molecule has 0 spiro atoms. The highest BCUT2D eigenvalue weighted by atomic mass is 16.2. The lowest BCUT2D eigenvalue weighted by Crippen LogP contribution is -2.39. The molecule has 22 heavy (non-hydrogen) atoms. The molecular formula is C17H23N3O2. The third-order valence-electron chi connectivity index (χ3n) is 4.21. The highest BCUT2D eigenvalue weighted by Crippen LogP contribution is 2.20. The summed E-state index contributed by atoms with van der Waals surface area (Å²) in [5.74, 6) is 0.0926. The number of nitrogens with one attached hydrogen (secondary N) is 2. The summed E-state index contributed by atoms with van der Waals surface area (Å²) in [5, 5.41) is 6.19. The van der Waals surface area contributed by atoms with Gasteiger partial charge in [0.05, 0.1) is 0 Å². The Bertz CT molecular complexity index is 563. The first-order valence-corrected chi connectivity index (χ1v) is 8.10. The third kappa shape index (κ3) is 3.59. The predicted molar refractivity (Wildman–Crippen MR) is 85.8 cm³/mol. The molecule has 0 radical (unpaired) electrons. The van der Waals surface area contributed by atoms with E-state index < -0.39 is 0 Å². The maximum atomic E-state index is 12.3. The molecule has 1 aliphatic heterocycles. The van der Waals surface area contributed by atoms with Crippen molar-refractivity contribution in [1.29, 1.82) is 0 Å². The molecule has 2 N–H and O–H groups in total. The van der Waals surface area contributed by atoms with Gasteiger partial charge in [-0.05, 0) is 50.8 Å². The summed E-state index contributed by atoms with van der Waals surface area (Å²) in [4.78, 5) is 26.3. The Morgan fingerprint density at radius 3 is 2.64 bits per heavy atom. The van der Waals surface area contributed by atoms with Crippen LogP contribution in [0.2, 0.25) is 0 Å². The lowest BCUT2D eigenvalue weighted by molar-refractivity contribution is -0.130. The maximum absolute atomic E-state index is 12.3. The Morgan fingerprint density at radius 1 is 1.23 bits per heavy atom. The van der Waals surface area contributed by atoms with E-state index in [9.17, 15) is 9.59 Å². The van der Waals surface area contributed by atoms with Crippen molar-refractivity contribution in [3.63, 3.8) is 0 Å². The van der Waals surface area contributed by atoms with Crippen LogP contribution in [0, 0.1) is 0 Å². The average molecular weight is 301 g/mol. The van der Waals surface area contributed by atoms with Gasteiger partial charge in [0, 0.05) is 30.4 Å². The molecule has 1 aromatic carbocycles.